The minimum atomic E-state index is -0.276. The zero-order valence-electron chi connectivity index (χ0n) is 20.4. The van der Waals surface area contributed by atoms with Gasteiger partial charge in [-0.1, -0.05) is 35.9 Å². The Bertz CT molecular complexity index is 1280. The van der Waals surface area contributed by atoms with E-state index in [1.54, 1.807) is 26.4 Å². The molecule has 186 valence electrons. The fourth-order valence-electron chi connectivity index (χ4n) is 4.88. The Morgan fingerprint density at radius 3 is 2.17 bits per heavy atom. The molecule has 1 fully saturated rings. The number of imide groups is 1. The molecule has 7 nitrogen and oxygen atoms in total. The molecule has 2 heterocycles. The summed E-state index contributed by atoms with van der Waals surface area (Å²) in [6.45, 7) is 4.09. The van der Waals surface area contributed by atoms with Gasteiger partial charge < -0.3 is 14.4 Å². The van der Waals surface area contributed by atoms with Crippen molar-refractivity contribution in [3.63, 3.8) is 0 Å². The van der Waals surface area contributed by atoms with E-state index in [9.17, 15) is 9.59 Å². The van der Waals surface area contributed by atoms with Gasteiger partial charge >= 0.3 is 0 Å². The summed E-state index contributed by atoms with van der Waals surface area (Å²) in [5.74, 6) is 0.999. The Morgan fingerprint density at radius 2 is 1.50 bits per heavy atom. The summed E-state index contributed by atoms with van der Waals surface area (Å²) in [5, 5.41) is 0.541. The van der Waals surface area contributed by atoms with Crippen molar-refractivity contribution in [1.82, 2.24) is 9.80 Å². The SMILES string of the molecule is COc1cc(CN2CCN(c3cccc4c3C(=O)N(Cc3ccccc3Cl)C4=O)CC2)cc(OC)c1. The van der Waals surface area contributed by atoms with E-state index in [0.29, 0.717) is 16.1 Å². The molecule has 0 spiro atoms. The van der Waals surface area contributed by atoms with Crippen LogP contribution in [-0.2, 0) is 13.1 Å². The minimum absolute atomic E-state index is 0.156. The number of ether oxygens (including phenoxy) is 2. The Labute approximate surface area is 215 Å². The molecule has 3 aromatic carbocycles. The Balaban J connectivity index is 1.30. The Morgan fingerprint density at radius 1 is 0.806 bits per heavy atom. The van der Waals surface area contributed by atoms with Crippen LogP contribution in [0.1, 0.15) is 31.8 Å². The molecule has 0 aliphatic carbocycles. The van der Waals surface area contributed by atoms with E-state index in [2.05, 4.69) is 9.80 Å². The fraction of sp³-hybridized carbons (Fsp3) is 0.286. The number of hydrogen-bond acceptors (Lipinski definition) is 6. The lowest BCUT2D eigenvalue weighted by atomic mass is 10.1. The van der Waals surface area contributed by atoms with Crippen LogP contribution in [0, 0.1) is 0 Å². The molecule has 0 unspecified atom stereocenters. The van der Waals surface area contributed by atoms with E-state index in [1.807, 2.05) is 48.5 Å². The van der Waals surface area contributed by atoms with Gasteiger partial charge in [0, 0.05) is 43.8 Å². The second kappa shape index (κ2) is 10.2. The van der Waals surface area contributed by atoms with Gasteiger partial charge in [0.1, 0.15) is 11.5 Å². The van der Waals surface area contributed by atoms with Gasteiger partial charge in [-0.2, -0.15) is 0 Å². The lowest BCUT2D eigenvalue weighted by Gasteiger charge is -2.36. The van der Waals surface area contributed by atoms with E-state index < -0.39 is 0 Å². The van der Waals surface area contributed by atoms with E-state index in [-0.39, 0.29) is 18.4 Å². The number of rotatable bonds is 7. The molecule has 0 N–H and O–H groups in total. The number of carbonyl (C=O) groups excluding carboxylic acids is 2. The third-order valence-electron chi connectivity index (χ3n) is 6.79. The standard InChI is InChI=1S/C28H28ClN3O4/c1-35-21-14-19(15-22(16-21)36-2)17-30-10-12-31(13-11-30)25-9-5-7-23-26(25)28(34)32(27(23)33)18-20-6-3-4-8-24(20)29/h3-9,14-16H,10-13,17-18H2,1-2H3. The van der Waals surface area contributed by atoms with Crippen molar-refractivity contribution in [2.75, 3.05) is 45.3 Å². The molecule has 36 heavy (non-hydrogen) atoms. The number of fused-ring (bicyclic) bond motifs is 1. The number of amides is 2. The van der Waals surface area contributed by atoms with Gasteiger partial charge in [0.15, 0.2) is 0 Å². The fourth-order valence-corrected chi connectivity index (χ4v) is 5.08. The van der Waals surface area contributed by atoms with Crippen LogP contribution in [0.15, 0.2) is 60.7 Å². The van der Waals surface area contributed by atoms with Crippen LogP contribution >= 0.6 is 11.6 Å². The van der Waals surface area contributed by atoms with Gasteiger partial charge in [-0.3, -0.25) is 19.4 Å². The molecule has 8 heteroatoms. The van der Waals surface area contributed by atoms with Gasteiger partial charge in [0.05, 0.1) is 37.6 Å². The number of methoxy groups -OCH3 is 2. The van der Waals surface area contributed by atoms with Gasteiger partial charge in [0.2, 0.25) is 0 Å². The average molecular weight is 506 g/mol. The number of hydrogen-bond donors (Lipinski definition) is 0. The summed E-state index contributed by atoms with van der Waals surface area (Å²) in [7, 11) is 3.30. The van der Waals surface area contributed by atoms with Crippen LogP contribution in [0.3, 0.4) is 0 Å². The molecule has 3 aromatic rings. The predicted octanol–water partition coefficient (Wildman–Crippen LogP) is 4.48. The molecule has 0 bridgehead atoms. The summed E-state index contributed by atoms with van der Waals surface area (Å²) in [6, 6.07) is 18.7. The lowest BCUT2D eigenvalue weighted by Crippen LogP contribution is -2.46. The van der Waals surface area contributed by atoms with Crippen molar-refractivity contribution in [1.29, 1.82) is 0 Å². The van der Waals surface area contributed by atoms with Crippen LogP contribution in [0.2, 0.25) is 5.02 Å². The first kappa shape index (κ1) is 24.2. The molecule has 0 radical (unpaired) electrons. The quantitative estimate of drug-likeness (QED) is 0.441. The molecular formula is C28H28ClN3O4. The minimum Gasteiger partial charge on any atom is -0.497 e. The molecule has 2 aliphatic heterocycles. The average Bonchev–Trinajstić information content (AvgIpc) is 3.15. The predicted molar refractivity (Wildman–Crippen MR) is 139 cm³/mol. The van der Waals surface area contributed by atoms with Crippen molar-refractivity contribution in [2.45, 2.75) is 13.1 Å². The van der Waals surface area contributed by atoms with Crippen molar-refractivity contribution >= 4 is 29.1 Å². The summed E-state index contributed by atoms with van der Waals surface area (Å²) < 4.78 is 10.8. The van der Waals surface area contributed by atoms with Gasteiger partial charge in [-0.25, -0.2) is 0 Å². The molecule has 0 saturated carbocycles. The number of piperazine rings is 1. The lowest BCUT2D eigenvalue weighted by molar-refractivity contribution is 0.0642. The van der Waals surface area contributed by atoms with Gasteiger partial charge in [-0.15, -0.1) is 0 Å². The first-order chi connectivity index (χ1) is 17.5. The molecule has 0 atom stereocenters. The van der Waals surface area contributed by atoms with Crippen LogP contribution in [-0.4, -0.2) is 62.0 Å². The van der Waals surface area contributed by atoms with Crippen molar-refractivity contribution < 1.29 is 19.1 Å². The van der Waals surface area contributed by atoms with Crippen LogP contribution in [0.5, 0.6) is 11.5 Å². The summed E-state index contributed by atoms with van der Waals surface area (Å²) in [6.07, 6.45) is 0. The zero-order valence-corrected chi connectivity index (χ0v) is 21.1. The molecule has 2 amide bonds. The second-order valence-corrected chi connectivity index (χ2v) is 9.38. The number of anilines is 1. The van der Waals surface area contributed by atoms with Crippen LogP contribution in [0.25, 0.3) is 0 Å². The first-order valence-electron chi connectivity index (χ1n) is 11.9. The number of nitrogens with zero attached hydrogens (tertiary/aromatic N) is 3. The van der Waals surface area contributed by atoms with Crippen LogP contribution < -0.4 is 14.4 Å². The summed E-state index contributed by atoms with van der Waals surface area (Å²) in [4.78, 5) is 32.4. The highest BCUT2D eigenvalue weighted by molar-refractivity contribution is 6.31. The molecular weight excluding hydrogens is 478 g/mol. The van der Waals surface area contributed by atoms with E-state index in [1.165, 1.54) is 4.90 Å². The first-order valence-corrected chi connectivity index (χ1v) is 12.3. The number of benzene rings is 3. The van der Waals surface area contributed by atoms with E-state index >= 15 is 0 Å². The molecule has 1 saturated heterocycles. The Hall–Kier alpha value is -3.55. The topological polar surface area (TPSA) is 62.3 Å². The second-order valence-electron chi connectivity index (χ2n) is 8.97. The highest BCUT2D eigenvalue weighted by atomic mass is 35.5. The van der Waals surface area contributed by atoms with Gasteiger partial charge in [-0.05, 0) is 41.5 Å². The van der Waals surface area contributed by atoms with Crippen molar-refractivity contribution in [3.05, 3.63) is 87.9 Å². The maximum atomic E-state index is 13.4. The highest BCUT2D eigenvalue weighted by Crippen LogP contribution is 2.34. The normalized spacial score (nSPS) is 15.9. The molecule has 5 rings (SSSR count). The number of carbonyl (C=O) groups is 2. The van der Waals surface area contributed by atoms with E-state index in [4.69, 9.17) is 21.1 Å². The summed E-state index contributed by atoms with van der Waals surface area (Å²) in [5.41, 5.74) is 3.63. The summed E-state index contributed by atoms with van der Waals surface area (Å²) >= 11 is 6.29. The molecule has 2 aliphatic rings. The number of halogens is 1. The maximum absolute atomic E-state index is 13.4. The Kier molecular flexibility index (Phi) is 6.85. The third kappa shape index (κ3) is 4.64. The van der Waals surface area contributed by atoms with Crippen molar-refractivity contribution in [2.24, 2.45) is 0 Å². The van der Waals surface area contributed by atoms with Gasteiger partial charge in [0.25, 0.3) is 11.8 Å². The largest absolute Gasteiger partial charge is 0.497 e. The van der Waals surface area contributed by atoms with Crippen LogP contribution in [0.4, 0.5) is 5.69 Å². The smallest absolute Gasteiger partial charge is 0.263 e. The monoisotopic (exact) mass is 505 g/mol. The maximum Gasteiger partial charge on any atom is 0.263 e. The van der Waals surface area contributed by atoms with E-state index in [0.717, 1.165) is 61.0 Å². The van der Waals surface area contributed by atoms with Crippen molar-refractivity contribution in [3.8, 4) is 11.5 Å². The molecule has 0 aromatic heterocycles. The zero-order chi connectivity index (χ0) is 25.2. The highest BCUT2D eigenvalue weighted by Gasteiger charge is 2.39. The third-order valence-corrected chi connectivity index (χ3v) is 7.16.